The van der Waals surface area contributed by atoms with Crippen LogP contribution < -0.4 is 0 Å². The fourth-order valence-corrected chi connectivity index (χ4v) is 0. The molecule has 0 saturated heterocycles. The molecule has 0 spiro atoms. The molecule has 0 radical (unpaired) electrons. The molecule has 0 amide bonds. The Morgan fingerprint density at radius 2 is 2.20 bits per heavy atom. The van der Waals surface area contributed by atoms with Crippen molar-refractivity contribution in [3.8, 4) is 0 Å². The highest BCUT2D eigenvalue weighted by atomic mass is 19.1. The van der Waals surface area contributed by atoms with Crippen molar-refractivity contribution in [2.24, 2.45) is 0 Å². The van der Waals surface area contributed by atoms with Gasteiger partial charge in [-0.3, -0.25) is 0 Å². The number of hydrogen-bond acceptors (Lipinski definition) is 1. The maximum atomic E-state index is 11.1. The highest BCUT2D eigenvalue weighted by Crippen LogP contribution is 1.75. The van der Waals surface area contributed by atoms with Gasteiger partial charge in [-0.25, -0.2) is 4.39 Å². The lowest BCUT2D eigenvalue weighted by Gasteiger charge is -1.74. The maximum absolute atomic E-state index is 11.1. The van der Waals surface area contributed by atoms with E-state index in [2.05, 4.69) is 0 Å². The maximum Gasteiger partial charge on any atom is 0.153 e. The molecule has 5 heavy (non-hydrogen) atoms. The van der Waals surface area contributed by atoms with Crippen LogP contribution in [0.25, 0.3) is 0 Å². The predicted molar refractivity (Wildman–Crippen MR) is 16.6 cm³/mol. The van der Waals surface area contributed by atoms with Crippen LogP contribution in [-0.4, -0.2) is 12.5 Å². The van der Waals surface area contributed by atoms with Crippen molar-refractivity contribution in [1.29, 1.82) is 0 Å². The number of hydrogen-bond donors (Lipinski definition) is 0. The number of rotatable bonds is 1. The Bertz CT molecular complexity index is 33.9. The first-order chi connectivity index (χ1) is 2.27. The molecular formula is C3H5FO. The van der Waals surface area contributed by atoms with Crippen LogP contribution in [0.1, 0.15) is 6.92 Å². The van der Waals surface area contributed by atoms with Gasteiger partial charge in [0.25, 0.3) is 0 Å². The van der Waals surface area contributed by atoms with Gasteiger partial charge in [0.2, 0.25) is 0 Å². The lowest BCUT2D eigenvalue weighted by atomic mass is 10.5. The monoisotopic (exact) mass is 76.0 g/mol. The zero-order chi connectivity index (χ0) is 4.28. The van der Waals surface area contributed by atoms with Crippen LogP contribution in [-0.2, 0) is 4.79 Å². The molecule has 0 saturated carbocycles. The average Bonchev–Trinajstić information content (AvgIpc) is 1.38. The van der Waals surface area contributed by atoms with Crippen molar-refractivity contribution >= 4 is 6.29 Å². The Balaban J connectivity index is 2.83. The van der Waals surface area contributed by atoms with Gasteiger partial charge in [-0.05, 0) is 6.92 Å². The summed E-state index contributed by atoms with van der Waals surface area (Å²) >= 11 is 0. The van der Waals surface area contributed by atoms with Crippen LogP contribution in [0.3, 0.4) is 0 Å². The van der Waals surface area contributed by atoms with Crippen molar-refractivity contribution in [2.75, 3.05) is 0 Å². The molecule has 1 nitrogen and oxygen atoms in total. The van der Waals surface area contributed by atoms with E-state index >= 15 is 0 Å². The van der Waals surface area contributed by atoms with Crippen LogP contribution in [0.15, 0.2) is 0 Å². The predicted octanol–water partition coefficient (Wildman–Crippen LogP) is 0.543. The molecule has 0 aromatic carbocycles. The molecule has 0 aliphatic carbocycles. The highest BCUT2D eigenvalue weighted by Gasteiger charge is 1.85. The average molecular weight is 76.1 g/mol. The second kappa shape index (κ2) is 1.88. The van der Waals surface area contributed by atoms with Crippen molar-refractivity contribution in [3.63, 3.8) is 0 Å². The van der Waals surface area contributed by atoms with Gasteiger partial charge in [0.05, 0.1) is 0 Å². The molecule has 0 bridgehead atoms. The Morgan fingerprint density at radius 3 is 2.20 bits per heavy atom. The molecule has 0 rings (SSSR count). The molecule has 1 atom stereocenters. The van der Waals surface area contributed by atoms with Gasteiger partial charge in [-0.2, -0.15) is 0 Å². The van der Waals surface area contributed by atoms with Gasteiger partial charge in [0.1, 0.15) is 0 Å². The quantitative estimate of drug-likeness (QED) is 0.417. The Kier molecular flexibility index (Phi) is 1.73. The molecule has 0 aliphatic rings. The number of aldehydes is 1. The normalized spacial score (nSPS) is 14.0. The number of halogens is 1. The van der Waals surface area contributed by atoms with Crippen molar-refractivity contribution in [1.82, 2.24) is 0 Å². The summed E-state index contributed by atoms with van der Waals surface area (Å²) in [5.74, 6) is 0. The molecule has 0 aromatic heterocycles. The van der Waals surface area contributed by atoms with Crippen LogP contribution in [0, 0.1) is 0 Å². The zero-order valence-corrected chi connectivity index (χ0v) is 2.94. The summed E-state index contributed by atoms with van der Waals surface area (Å²) < 4.78 is 11.1. The molecular weight excluding hydrogens is 71.0 g/mol. The van der Waals surface area contributed by atoms with Crippen LogP contribution >= 0.6 is 0 Å². The molecule has 2 heteroatoms. The van der Waals surface area contributed by atoms with Crippen LogP contribution in [0.2, 0.25) is 0 Å². The second-order valence-corrected chi connectivity index (χ2v) is 0.814. The van der Waals surface area contributed by atoms with E-state index < -0.39 is 6.17 Å². The van der Waals surface area contributed by atoms with E-state index in [-0.39, 0.29) is 6.29 Å². The van der Waals surface area contributed by atoms with Gasteiger partial charge in [0, 0.05) is 0 Å². The first-order valence-corrected chi connectivity index (χ1v) is 1.36. The molecule has 0 unspecified atom stereocenters. The van der Waals surface area contributed by atoms with Gasteiger partial charge in [-0.15, -0.1) is 0 Å². The van der Waals surface area contributed by atoms with Crippen molar-refractivity contribution < 1.29 is 9.18 Å². The van der Waals surface area contributed by atoms with Gasteiger partial charge in [0.15, 0.2) is 12.5 Å². The topological polar surface area (TPSA) is 17.1 Å². The smallest absolute Gasteiger partial charge is 0.153 e. The number of carbonyl (C=O) groups is 1. The Hall–Kier alpha value is -0.400. The zero-order valence-electron chi connectivity index (χ0n) is 2.94. The summed E-state index contributed by atoms with van der Waals surface area (Å²) in [5, 5.41) is 0. The fraction of sp³-hybridized carbons (Fsp3) is 0.667. The highest BCUT2D eigenvalue weighted by molar-refractivity contribution is 5.54. The summed E-state index contributed by atoms with van der Waals surface area (Å²) in [7, 11) is 0. The largest absolute Gasteiger partial charge is 0.300 e. The van der Waals surface area contributed by atoms with Gasteiger partial charge >= 0.3 is 0 Å². The summed E-state index contributed by atoms with van der Waals surface area (Å²) in [5.41, 5.74) is 0. The number of carbonyl (C=O) groups excluding carboxylic acids is 1. The van der Waals surface area contributed by atoms with Crippen molar-refractivity contribution in [2.45, 2.75) is 13.1 Å². The number of alkyl halides is 1. The summed E-state index contributed by atoms with van der Waals surface area (Å²) in [4.78, 5) is 9.13. The van der Waals surface area contributed by atoms with Gasteiger partial charge < -0.3 is 4.79 Å². The van der Waals surface area contributed by atoms with E-state index in [0.717, 1.165) is 0 Å². The standard InChI is InChI=1S/C3H5FO/c1-3(4)2-5/h2-3H,1H3/t3-/m1/s1. The molecule has 0 fully saturated rings. The first-order valence-electron chi connectivity index (χ1n) is 1.36. The minimum atomic E-state index is -1.30. The summed E-state index contributed by atoms with van der Waals surface area (Å²) in [6, 6.07) is 0. The lowest BCUT2D eigenvalue weighted by Crippen LogP contribution is -1.89. The van der Waals surface area contributed by atoms with E-state index in [4.69, 9.17) is 4.79 Å². The third kappa shape index (κ3) is 3.60. The molecule has 30 valence electrons. The Labute approximate surface area is 29.8 Å². The van der Waals surface area contributed by atoms with E-state index in [1.165, 1.54) is 6.92 Å². The summed E-state index contributed by atoms with van der Waals surface area (Å²) in [6.45, 7) is 1.19. The first kappa shape index (κ1) is 4.60. The Morgan fingerprint density at radius 1 is 2.00 bits per heavy atom. The minimum Gasteiger partial charge on any atom is -0.300 e. The van der Waals surface area contributed by atoms with Gasteiger partial charge in [-0.1, -0.05) is 0 Å². The molecule has 0 heterocycles. The van der Waals surface area contributed by atoms with Crippen LogP contribution in [0.5, 0.6) is 0 Å². The molecule has 0 aliphatic heterocycles. The summed E-state index contributed by atoms with van der Waals surface area (Å²) in [6.07, 6.45) is -1.05. The van der Waals surface area contributed by atoms with E-state index in [0.29, 0.717) is 0 Å². The second-order valence-electron chi connectivity index (χ2n) is 0.814. The fourth-order valence-electron chi connectivity index (χ4n) is 0. The molecule has 0 N–H and O–H groups in total. The third-order valence-electron chi connectivity index (χ3n) is 0.188. The SMILES string of the molecule is C[C@@H](F)C=O. The van der Waals surface area contributed by atoms with E-state index in [1.807, 2.05) is 0 Å². The minimum absolute atomic E-state index is 0.250. The van der Waals surface area contributed by atoms with E-state index in [9.17, 15) is 4.39 Å². The van der Waals surface area contributed by atoms with Crippen molar-refractivity contribution in [3.05, 3.63) is 0 Å². The molecule has 0 aromatic rings. The lowest BCUT2D eigenvalue weighted by molar-refractivity contribution is -0.111. The van der Waals surface area contributed by atoms with E-state index in [1.54, 1.807) is 0 Å². The van der Waals surface area contributed by atoms with Crippen LogP contribution in [0.4, 0.5) is 4.39 Å². The third-order valence-corrected chi connectivity index (χ3v) is 0.188.